The molecular formula is C9H7FO5. The van der Waals surface area contributed by atoms with E-state index in [2.05, 4.69) is 9.47 Å². The Bertz CT molecular complexity index is 401. The molecule has 0 saturated carbocycles. The maximum Gasteiger partial charge on any atom is 0.513 e. The lowest BCUT2D eigenvalue weighted by Crippen LogP contribution is -2.08. The van der Waals surface area contributed by atoms with Gasteiger partial charge in [-0.05, 0) is 12.1 Å². The highest BCUT2D eigenvalue weighted by molar-refractivity contribution is 5.88. The summed E-state index contributed by atoms with van der Waals surface area (Å²) >= 11 is 0. The van der Waals surface area contributed by atoms with Gasteiger partial charge in [0, 0.05) is 6.07 Å². The van der Waals surface area contributed by atoms with Gasteiger partial charge in [-0.3, -0.25) is 0 Å². The van der Waals surface area contributed by atoms with Crippen LogP contribution in [0, 0.1) is 5.82 Å². The van der Waals surface area contributed by atoms with E-state index in [1.165, 1.54) is 0 Å². The predicted octanol–water partition coefficient (Wildman–Crippen LogP) is 1.67. The van der Waals surface area contributed by atoms with Gasteiger partial charge in [-0.25, -0.2) is 14.0 Å². The number of ether oxygens (including phenoxy) is 2. The third kappa shape index (κ3) is 2.67. The van der Waals surface area contributed by atoms with Gasteiger partial charge in [0.2, 0.25) is 0 Å². The number of rotatable bonds is 2. The Labute approximate surface area is 84.0 Å². The molecule has 0 saturated heterocycles. The highest BCUT2D eigenvalue weighted by atomic mass is 19.1. The standard InChI is InChI=1S/C9H7FO5/c1-14-9(13)15-5-2-3-6(8(11)12)7(10)4-5/h2-4H,1H3,(H,11,12). The van der Waals surface area contributed by atoms with Crippen molar-refractivity contribution in [3.63, 3.8) is 0 Å². The second-order valence-electron chi connectivity index (χ2n) is 2.50. The number of halogens is 1. The second kappa shape index (κ2) is 4.41. The number of methoxy groups -OCH3 is 1. The van der Waals surface area contributed by atoms with Crippen molar-refractivity contribution in [2.24, 2.45) is 0 Å². The van der Waals surface area contributed by atoms with Crippen LogP contribution >= 0.6 is 0 Å². The minimum absolute atomic E-state index is 0.121. The number of carbonyl (C=O) groups is 2. The van der Waals surface area contributed by atoms with Gasteiger partial charge in [-0.15, -0.1) is 0 Å². The summed E-state index contributed by atoms with van der Waals surface area (Å²) in [5.74, 6) is -2.50. The summed E-state index contributed by atoms with van der Waals surface area (Å²) in [7, 11) is 1.10. The average Bonchev–Trinajstić information content (AvgIpc) is 2.17. The van der Waals surface area contributed by atoms with Gasteiger partial charge in [0.1, 0.15) is 11.6 Å². The molecule has 1 N–H and O–H groups in total. The molecule has 0 fully saturated rings. The normalized spacial score (nSPS) is 9.47. The van der Waals surface area contributed by atoms with Crippen molar-refractivity contribution < 1.29 is 28.6 Å². The molecule has 0 atom stereocenters. The fourth-order valence-electron chi connectivity index (χ4n) is 0.871. The lowest BCUT2D eigenvalue weighted by atomic mass is 10.2. The van der Waals surface area contributed by atoms with Crippen molar-refractivity contribution in [2.75, 3.05) is 7.11 Å². The van der Waals surface area contributed by atoms with Gasteiger partial charge in [0.05, 0.1) is 12.7 Å². The van der Waals surface area contributed by atoms with Crippen LogP contribution in [0.25, 0.3) is 0 Å². The summed E-state index contributed by atoms with van der Waals surface area (Å²) in [6.07, 6.45) is -1.00. The third-order valence-corrected chi connectivity index (χ3v) is 1.54. The van der Waals surface area contributed by atoms with Gasteiger partial charge in [0.25, 0.3) is 0 Å². The molecule has 1 aromatic carbocycles. The monoisotopic (exact) mass is 214 g/mol. The van der Waals surface area contributed by atoms with Crippen LogP contribution in [0.1, 0.15) is 10.4 Å². The molecule has 5 nitrogen and oxygen atoms in total. The number of aromatic carboxylic acids is 1. The van der Waals surface area contributed by atoms with Gasteiger partial charge in [-0.2, -0.15) is 0 Å². The van der Waals surface area contributed by atoms with E-state index >= 15 is 0 Å². The predicted molar refractivity (Wildman–Crippen MR) is 46.4 cm³/mol. The maximum atomic E-state index is 13.0. The molecule has 0 radical (unpaired) electrons. The zero-order valence-electron chi connectivity index (χ0n) is 7.69. The highest BCUT2D eigenvalue weighted by Crippen LogP contribution is 2.17. The van der Waals surface area contributed by atoms with Crippen LogP contribution in [0.3, 0.4) is 0 Å². The van der Waals surface area contributed by atoms with Crippen LogP contribution in [0.4, 0.5) is 9.18 Å². The molecule has 0 aliphatic carbocycles. The Balaban J connectivity index is 2.91. The molecule has 1 aromatic rings. The molecule has 0 spiro atoms. The summed E-state index contributed by atoms with van der Waals surface area (Å²) < 4.78 is 21.7. The van der Waals surface area contributed by atoms with E-state index in [-0.39, 0.29) is 5.75 Å². The minimum atomic E-state index is -1.39. The molecule has 0 bridgehead atoms. The molecule has 0 unspecified atom stereocenters. The van der Waals surface area contributed by atoms with Crippen molar-refractivity contribution >= 4 is 12.1 Å². The Morgan fingerprint density at radius 2 is 2.07 bits per heavy atom. The zero-order valence-corrected chi connectivity index (χ0v) is 7.69. The van der Waals surface area contributed by atoms with E-state index in [4.69, 9.17) is 5.11 Å². The molecule has 0 aliphatic rings. The van der Waals surface area contributed by atoms with Crippen molar-refractivity contribution in [3.05, 3.63) is 29.6 Å². The second-order valence-corrected chi connectivity index (χ2v) is 2.50. The quantitative estimate of drug-likeness (QED) is 0.598. The Morgan fingerprint density at radius 1 is 1.40 bits per heavy atom. The van der Waals surface area contributed by atoms with Crippen molar-refractivity contribution in [1.82, 2.24) is 0 Å². The van der Waals surface area contributed by atoms with Gasteiger partial charge >= 0.3 is 12.1 Å². The largest absolute Gasteiger partial charge is 0.513 e. The lowest BCUT2D eigenvalue weighted by molar-refractivity contribution is 0.0692. The smallest absolute Gasteiger partial charge is 0.478 e. The van der Waals surface area contributed by atoms with Crippen LogP contribution in [0.15, 0.2) is 18.2 Å². The molecule has 0 heterocycles. The van der Waals surface area contributed by atoms with Crippen molar-refractivity contribution in [3.8, 4) is 5.75 Å². The van der Waals surface area contributed by atoms with Crippen LogP contribution < -0.4 is 4.74 Å². The van der Waals surface area contributed by atoms with Crippen LogP contribution in [0.2, 0.25) is 0 Å². The van der Waals surface area contributed by atoms with Crippen LogP contribution in [-0.4, -0.2) is 24.3 Å². The number of carboxylic acids is 1. The molecule has 1 rings (SSSR count). The van der Waals surface area contributed by atoms with Gasteiger partial charge in [0.15, 0.2) is 0 Å². The lowest BCUT2D eigenvalue weighted by Gasteiger charge is -2.03. The van der Waals surface area contributed by atoms with E-state index in [1.54, 1.807) is 0 Å². The summed E-state index contributed by atoms with van der Waals surface area (Å²) in [4.78, 5) is 21.1. The Kier molecular flexibility index (Phi) is 3.22. The summed E-state index contributed by atoms with van der Waals surface area (Å²) in [5.41, 5.74) is -0.493. The van der Waals surface area contributed by atoms with Crippen molar-refractivity contribution in [2.45, 2.75) is 0 Å². The molecule has 0 aliphatic heterocycles. The summed E-state index contributed by atoms with van der Waals surface area (Å²) in [5, 5.41) is 8.51. The fraction of sp³-hybridized carbons (Fsp3) is 0.111. The number of hydrogen-bond donors (Lipinski definition) is 1. The molecule has 80 valence electrons. The highest BCUT2D eigenvalue weighted by Gasteiger charge is 2.12. The molecular weight excluding hydrogens is 207 g/mol. The van der Waals surface area contributed by atoms with E-state index < -0.39 is 23.5 Å². The summed E-state index contributed by atoms with van der Waals surface area (Å²) in [6, 6.07) is 2.94. The molecule has 15 heavy (non-hydrogen) atoms. The molecule has 6 heteroatoms. The van der Waals surface area contributed by atoms with Gasteiger partial charge in [-0.1, -0.05) is 0 Å². The third-order valence-electron chi connectivity index (χ3n) is 1.54. The van der Waals surface area contributed by atoms with Gasteiger partial charge < -0.3 is 14.6 Å². The number of carbonyl (C=O) groups excluding carboxylic acids is 1. The Hall–Kier alpha value is -2.11. The fourth-order valence-corrected chi connectivity index (χ4v) is 0.871. The van der Waals surface area contributed by atoms with E-state index in [9.17, 15) is 14.0 Å². The first-order valence-corrected chi connectivity index (χ1v) is 3.83. The number of benzene rings is 1. The first kappa shape index (κ1) is 11.0. The first-order chi connectivity index (χ1) is 7.04. The van der Waals surface area contributed by atoms with E-state index in [1.807, 2.05) is 0 Å². The summed E-state index contributed by atoms with van der Waals surface area (Å²) in [6.45, 7) is 0. The topological polar surface area (TPSA) is 72.8 Å². The molecule has 0 amide bonds. The maximum absolute atomic E-state index is 13.0. The zero-order chi connectivity index (χ0) is 11.4. The minimum Gasteiger partial charge on any atom is -0.478 e. The number of hydrogen-bond acceptors (Lipinski definition) is 4. The first-order valence-electron chi connectivity index (χ1n) is 3.83. The van der Waals surface area contributed by atoms with Crippen molar-refractivity contribution in [1.29, 1.82) is 0 Å². The SMILES string of the molecule is COC(=O)Oc1ccc(C(=O)O)c(F)c1. The Morgan fingerprint density at radius 3 is 2.53 bits per heavy atom. The number of carboxylic acid groups (broad SMARTS) is 1. The average molecular weight is 214 g/mol. The van der Waals surface area contributed by atoms with Crippen LogP contribution in [-0.2, 0) is 4.74 Å². The van der Waals surface area contributed by atoms with Crippen LogP contribution in [0.5, 0.6) is 5.75 Å². The van der Waals surface area contributed by atoms with E-state index in [0.717, 1.165) is 25.3 Å². The van der Waals surface area contributed by atoms with E-state index in [0.29, 0.717) is 0 Å². The molecule has 0 aromatic heterocycles.